The Kier molecular flexibility index (Phi) is 7.06. The number of aryl methyl sites for hydroxylation is 1. The number of nitrogens with zero attached hydrogens (tertiary/aromatic N) is 1. The molecule has 1 N–H and O–H groups in total. The average molecular weight is 465 g/mol. The Morgan fingerprint density at radius 1 is 1.12 bits per heavy atom. The van der Waals surface area contributed by atoms with Crippen LogP contribution in [0.15, 0.2) is 48.5 Å². The molecular formula is C27H32N2O5. The molecule has 7 heteroatoms. The highest BCUT2D eigenvalue weighted by Crippen LogP contribution is 2.44. The van der Waals surface area contributed by atoms with E-state index < -0.39 is 17.5 Å². The first-order valence-corrected chi connectivity index (χ1v) is 11.6. The normalized spacial score (nSPS) is 27.6. The minimum Gasteiger partial charge on any atom is -0.371 e. The van der Waals surface area contributed by atoms with Gasteiger partial charge >= 0.3 is 0 Å². The number of nitrogens with one attached hydrogen (secondary N) is 1. The van der Waals surface area contributed by atoms with Crippen molar-refractivity contribution >= 4 is 5.91 Å². The highest BCUT2D eigenvalue weighted by Gasteiger charge is 2.57. The summed E-state index contributed by atoms with van der Waals surface area (Å²) in [7, 11) is 1.62. The summed E-state index contributed by atoms with van der Waals surface area (Å²) in [6.45, 7) is 6.41. The molecule has 4 rings (SSSR count). The van der Waals surface area contributed by atoms with E-state index in [1.807, 2.05) is 51.1 Å². The van der Waals surface area contributed by atoms with Gasteiger partial charge in [-0.05, 0) is 44.0 Å². The number of rotatable bonds is 7. The van der Waals surface area contributed by atoms with Crippen LogP contribution in [0.25, 0.3) is 0 Å². The number of hydrogen-bond acceptors (Lipinski definition) is 6. The first-order valence-electron chi connectivity index (χ1n) is 11.6. The minimum absolute atomic E-state index is 0.195. The predicted molar refractivity (Wildman–Crippen MR) is 126 cm³/mol. The summed E-state index contributed by atoms with van der Waals surface area (Å²) in [4.78, 5) is 13.2. The molecule has 7 nitrogen and oxygen atoms in total. The molecule has 1 amide bonds. The van der Waals surface area contributed by atoms with E-state index in [2.05, 4.69) is 17.5 Å². The van der Waals surface area contributed by atoms with Crippen molar-refractivity contribution in [2.45, 2.75) is 76.5 Å². The fourth-order valence-corrected chi connectivity index (χ4v) is 4.84. The van der Waals surface area contributed by atoms with E-state index in [0.717, 1.165) is 16.7 Å². The Balaban J connectivity index is 1.57. The van der Waals surface area contributed by atoms with E-state index in [1.54, 1.807) is 19.2 Å². The number of amides is 1. The van der Waals surface area contributed by atoms with Crippen molar-refractivity contribution in [1.29, 1.82) is 5.26 Å². The molecule has 0 spiro atoms. The summed E-state index contributed by atoms with van der Waals surface area (Å²) in [5, 5.41) is 11.8. The van der Waals surface area contributed by atoms with Gasteiger partial charge in [0.1, 0.15) is 6.10 Å². The van der Waals surface area contributed by atoms with Crippen LogP contribution in [-0.2, 0) is 37.0 Å². The van der Waals surface area contributed by atoms with Gasteiger partial charge in [-0.3, -0.25) is 4.79 Å². The minimum atomic E-state index is -1.11. The molecule has 0 radical (unpaired) electrons. The van der Waals surface area contributed by atoms with Crippen molar-refractivity contribution in [3.63, 3.8) is 0 Å². The van der Waals surface area contributed by atoms with Gasteiger partial charge in [-0.25, -0.2) is 0 Å². The van der Waals surface area contributed by atoms with E-state index in [-0.39, 0.29) is 18.1 Å². The van der Waals surface area contributed by atoms with Crippen molar-refractivity contribution < 1.29 is 23.7 Å². The predicted octanol–water partition coefficient (Wildman–Crippen LogP) is 3.77. The van der Waals surface area contributed by atoms with Crippen LogP contribution in [0.1, 0.15) is 48.9 Å². The fourth-order valence-electron chi connectivity index (χ4n) is 4.84. The van der Waals surface area contributed by atoms with E-state index in [1.165, 1.54) is 0 Å². The zero-order valence-corrected chi connectivity index (χ0v) is 20.2. The topological polar surface area (TPSA) is 89.8 Å². The Bertz CT molecular complexity index is 1060. The number of hydrogen-bond donors (Lipinski definition) is 1. The first kappa shape index (κ1) is 24.4. The molecular weight excluding hydrogens is 432 g/mol. The van der Waals surface area contributed by atoms with Crippen LogP contribution in [0.2, 0.25) is 0 Å². The molecule has 2 aromatic rings. The standard InChI is InChI=1S/C27H32N2O5/c1-18-6-5-7-21(12-18)17-32-27(25(30)29-4)13-22(24-23(14-27)33-26(2,3)34-24)31-16-20-10-8-19(15-28)9-11-20/h5-12,22-24H,13-14,16-17H2,1-4H3,(H,29,30)/t22?,23-,24+,27-/m1/s1. The molecule has 2 fully saturated rings. The van der Waals surface area contributed by atoms with E-state index in [4.69, 9.17) is 24.2 Å². The molecule has 1 saturated carbocycles. The van der Waals surface area contributed by atoms with Gasteiger partial charge in [0.05, 0.1) is 37.1 Å². The van der Waals surface area contributed by atoms with Gasteiger partial charge < -0.3 is 24.3 Å². The quantitative estimate of drug-likeness (QED) is 0.671. The second-order valence-corrected chi connectivity index (χ2v) is 9.56. The van der Waals surface area contributed by atoms with Crippen LogP contribution in [-0.4, -0.2) is 42.7 Å². The van der Waals surface area contributed by atoms with Gasteiger partial charge in [0.15, 0.2) is 11.4 Å². The van der Waals surface area contributed by atoms with Crippen molar-refractivity contribution in [2.24, 2.45) is 0 Å². The maximum atomic E-state index is 13.2. The number of ether oxygens (including phenoxy) is 4. The van der Waals surface area contributed by atoms with Crippen molar-refractivity contribution in [1.82, 2.24) is 5.32 Å². The summed E-state index contributed by atoms with van der Waals surface area (Å²) in [6, 6.07) is 17.5. The Morgan fingerprint density at radius 2 is 1.88 bits per heavy atom. The number of nitriles is 1. The van der Waals surface area contributed by atoms with Crippen LogP contribution >= 0.6 is 0 Å². The SMILES string of the molecule is CNC(=O)[C@@]1(OCc2cccc(C)c2)CC(OCc2ccc(C#N)cc2)[C@@H]2OC(C)(C)O[C@@H]2C1. The monoisotopic (exact) mass is 464 g/mol. The molecule has 2 aliphatic rings. The Labute approximate surface area is 201 Å². The second-order valence-electron chi connectivity index (χ2n) is 9.56. The van der Waals surface area contributed by atoms with Gasteiger partial charge in [-0.15, -0.1) is 0 Å². The van der Waals surface area contributed by atoms with Gasteiger partial charge in [-0.2, -0.15) is 5.26 Å². The molecule has 0 aromatic heterocycles. The first-order chi connectivity index (χ1) is 16.2. The smallest absolute Gasteiger partial charge is 0.252 e. The molecule has 4 atom stereocenters. The van der Waals surface area contributed by atoms with E-state index >= 15 is 0 Å². The second kappa shape index (κ2) is 9.85. The van der Waals surface area contributed by atoms with Crippen molar-refractivity contribution in [3.05, 3.63) is 70.8 Å². The maximum absolute atomic E-state index is 13.2. The molecule has 34 heavy (non-hydrogen) atoms. The summed E-state index contributed by atoms with van der Waals surface area (Å²) in [6.07, 6.45) is -0.345. The van der Waals surface area contributed by atoms with E-state index in [9.17, 15) is 4.79 Å². The Morgan fingerprint density at radius 3 is 2.56 bits per heavy atom. The molecule has 0 bridgehead atoms. The van der Waals surface area contributed by atoms with Crippen LogP contribution in [0.3, 0.4) is 0 Å². The third-order valence-electron chi connectivity index (χ3n) is 6.44. The lowest BCUT2D eigenvalue weighted by Gasteiger charge is -2.43. The number of fused-ring (bicyclic) bond motifs is 1. The number of benzene rings is 2. The van der Waals surface area contributed by atoms with Crippen molar-refractivity contribution in [2.75, 3.05) is 7.05 Å². The van der Waals surface area contributed by atoms with Gasteiger partial charge in [0.2, 0.25) is 0 Å². The maximum Gasteiger partial charge on any atom is 0.252 e. The zero-order chi connectivity index (χ0) is 24.3. The fraction of sp³-hybridized carbons (Fsp3) is 0.481. The lowest BCUT2D eigenvalue weighted by Crippen LogP contribution is -2.59. The largest absolute Gasteiger partial charge is 0.371 e. The summed E-state index contributed by atoms with van der Waals surface area (Å²) < 4.78 is 25.1. The molecule has 180 valence electrons. The summed E-state index contributed by atoms with van der Waals surface area (Å²) in [5.74, 6) is -0.973. The third-order valence-corrected chi connectivity index (χ3v) is 6.44. The van der Waals surface area contributed by atoms with Gasteiger partial charge in [0.25, 0.3) is 5.91 Å². The molecule has 1 unspecified atom stereocenters. The molecule has 1 heterocycles. The van der Waals surface area contributed by atoms with Gasteiger partial charge in [0, 0.05) is 19.9 Å². The lowest BCUT2D eigenvalue weighted by molar-refractivity contribution is -0.183. The lowest BCUT2D eigenvalue weighted by atomic mass is 9.78. The van der Waals surface area contributed by atoms with Crippen LogP contribution in [0.4, 0.5) is 0 Å². The van der Waals surface area contributed by atoms with E-state index in [0.29, 0.717) is 31.6 Å². The average Bonchev–Trinajstić information content (AvgIpc) is 3.14. The Hall–Kier alpha value is -2.76. The summed E-state index contributed by atoms with van der Waals surface area (Å²) >= 11 is 0. The number of carbonyl (C=O) groups is 1. The molecule has 1 aliphatic carbocycles. The van der Waals surface area contributed by atoms with Crippen molar-refractivity contribution in [3.8, 4) is 6.07 Å². The van der Waals surface area contributed by atoms with Crippen LogP contribution in [0, 0.1) is 18.3 Å². The number of carbonyl (C=O) groups excluding carboxylic acids is 1. The van der Waals surface area contributed by atoms with Gasteiger partial charge in [-0.1, -0.05) is 42.0 Å². The zero-order valence-electron chi connectivity index (χ0n) is 20.2. The number of likely N-dealkylation sites (N-methyl/N-ethyl adjacent to an activating group) is 1. The highest BCUT2D eigenvalue weighted by molar-refractivity contribution is 5.85. The highest BCUT2D eigenvalue weighted by atomic mass is 16.8. The van der Waals surface area contributed by atoms with Crippen LogP contribution < -0.4 is 5.32 Å². The summed E-state index contributed by atoms with van der Waals surface area (Å²) in [5.41, 5.74) is 2.56. The third kappa shape index (κ3) is 5.31. The molecule has 1 saturated heterocycles. The molecule has 1 aliphatic heterocycles. The van der Waals surface area contributed by atoms with Crippen LogP contribution in [0.5, 0.6) is 0 Å². The molecule has 2 aromatic carbocycles.